The topological polar surface area (TPSA) is 72.9 Å². The molecule has 0 saturated heterocycles. The maximum atomic E-state index is 5.97. The summed E-state index contributed by atoms with van der Waals surface area (Å²) >= 11 is 0. The van der Waals surface area contributed by atoms with Crippen LogP contribution in [-0.2, 0) is 13.1 Å². The van der Waals surface area contributed by atoms with Crippen LogP contribution in [0, 0.1) is 0 Å². The van der Waals surface area contributed by atoms with Gasteiger partial charge in [0.25, 0.3) is 0 Å². The van der Waals surface area contributed by atoms with Gasteiger partial charge in [-0.1, -0.05) is 6.92 Å². The van der Waals surface area contributed by atoms with Crippen LogP contribution in [0.4, 0.5) is 5.69 Å². The number of aromatic nitrogens is 4. The van der Waals surface area contributed by atoms with E-state index >= 15 is 0 Å². The van der Waals surface area contributed by atoms with E-state index < -0.39 is 0 Å². The van der Waals surface area contributed by atoms with Crippen LogP contribution < -0.4 is 10.6 Å². The lowest BCUT2D eigenvalue weighted by molar-refractivity contribution is 0.559. The molecule has 1 atom stereocenters. The molecule has 0 spiro atoms. The van der Waals surface area contributed by atoms with Crippen molar-refractivity contribution in [2.24, 2.45) is 5.73 Å². The molecule has 0 aliphatic carbocycles. The van der Waals surface area contributed by atoms with E-state index in [1.807, 2.05) is 12.3 Å². The zero-order valence-corrected chi connectivity index (χ0v) is 11.0. The molecule has 0 amide bonds. The highest BCUT2D eigenvalue weighted by molar-refractivity contribution is 5.45. The third-order valence-electron chi connectivity index (χ3n) is 3.59. The van der Waals surface area contributed by atoms with Gasteiger partial charge < -0.3 is 15.2 Å². The smallest absolute Gasteiger partial charge is 0.152 e. The Balaban J connectivity index is 1.77. The van der Waals surface area contributed by atoms with Crippen LogP contribution in [0.1, 0.15) is 30.9 Å². The van der Waals surface area contributed by atoms with Crippen molar-refractivity contribution in [2.45, 2.75) is 32.5 Å². The second-order valence-electron chi connectivity index (χ2n) is 4.82. The minimum atomic E-state index is 0.0264. The van der Waals surface area contributed by atoms with E-state index in [1.165, 1.54) is 0 Å². The monoisotopic (exact) mass is 258 g/mol. The predicted molar refractivity (Wildman–Crippen MR) is 72.5 cm³/mol. The average Bonchev–Trinajstić information content (AvgIpc) is 2.94. The molecule has 3 heterocycles. The van der Waals surface area contributed by atoms with E-state index in [1.54, 1.807) is 6.33 Å². The summed E-state index contributed by atoms with van der Waals surface area (Å²) in [5.41, 5.74) is 8.04. The van der Waals surface area contributed by atoms with Crippen molar-refractivity contribution < 1.29 is 0 Å². The molecule has 6 heteroatoms. The van der Waals surface area contributed by atoms with Crippen LogP contribution in [0.25, 0.3) is 0 Å². The van der Waals surface area contributed by atoms with Gasteiger partial charge in [0.1, 0.15) is 6.33 Å². The Bertz CT molecular complexity index is 547. The first-order valence-corrected chi connectivity index (χ1v) is 6.61. The third kappa shape index (κ3) is 2.31. The van der Waals surface area contributed by atoms with Crippen molar-refractivity contribution in [3.63, 3.8) is 0 Å². The van der Waals surface area contributed by atoms with Crippen LogP contribution in [0.5, 0.6) is 0 Å². The number of nitrogens with two attached hydrogens (primary N) is 1. The van der Waals surface area contributed by atoms with Gasteiger partial charge in [-0.15, -0.1) is 10.2 Å². The zero-order chi connectivity index (χ0) is 13.2. The summed E-state index contributed by atoms with van der Waals surface area (Å²) in [7, 11) is 0. The minimum Gasteiger partial charge on any atom is -0.361 e. The molecule has 0 saturated carbocycles. The second-order valence-corrected chi connectivity index (χ2v) is 4.82. The molecule has 0 aromatic carbocycles. The van der Waals surface area contributed by atoms with Gasteiger partial charge in [-0.25, -0.2) is 0 Å². The Labute approximate surface area is 112 Å². The maximum Gasteiger partial charge on any atom is 0.152 e. The second kappa shape index (κ2) is 4.97. The quantitative estimate of drug-likeness (QED) is 0.892. The summed E-state index contributed by atoms with van der Waals surface area (Å²) in [6, 6.07) is 4.13. The first kappa shape index (κ1) is 12.1. The fourth-order valence-corrected chi connectivity index (χ4v) is 2.30. The number of hydrogen-bond acceptors (Lipinski definition) is 5. The first-order valence-electron chi connectivity index (χ1n) is 6.61. The van der Waals surface area contributed by atoms with Crippen LogP contribution in [0.15, 0.2) is 24.7 Å². The van der Waals surface area contributed by atoms with Crippen LogP contribution >= 0.6 is 0 Å². The molecule has 19 heavy (non-hydrogen) atoms. The Morgan fingerprint density at radius 3 is 3.00 bits per heavy atom. The van der Waals surface area contributed by atoms with Gasteiger partial charge in [0.05, 0.1) is 24.1 Å². The van der Waals surface area contributed by atoms with Gasteiger partial charge in [-0.3, -0.25) is 4.98 Å². The van der Waals surface area contributed by atoms with E-state index in [9.17, 15) is 0 Å². The van der Waals surface area contributed by atoms with Crippen molar-refractivity contribution in [1.82, 2.24) is 19.7 Å². The Morgan fingerprint density at radius 2 is 2.26 bits per heavy atom. The summed E-state index contributed by atoms with van der Waals surface area (Å²) in [6.07, 6.45) is 4.59. The Morgan fingerprint density at radius 1 is 1.37 bits per heavy atom. The highest BCUT2D eigenvalue weighted by Gasteiger charge is 2.18. The summed E-state index contributed by atoms with van der Waals surface area (Å²) < 4.78 is 2.09. The van der Waals surface area contributed by atoms with Crippen molar-refractivity contribution in [2.75, 3.05) is 11.4 Å². The first-order chi connectivity index (χ1) is 9.28. The van der Waals surface area contributed by atoms with Crippen molar-refractivity contribution in [1.29, 1.82) is 0 Å². The summed E-state index contributed by atoms with van der Waals surface area (Å²) in [4.78, 5) is 6.72. The molecule has 1 aliphatic heterocycles. The molecule has 0 unspecified atom stereocenters. The van der Waals surface area contributed by atoms with Crippen LogP contribution in [0.2, 0.25) is 0 Å². The molecule has 0 fully saturated rings. The lowest BCUT2D eigenvalue weighted by Gasteiger charge is -2.28. The SMILES string of the molecule is CC[C@H](N)c1ccc(N2CCn3cnnc3C2)cn1. The molecule has 0 bridgehead atoms. The van der Waals surface area contributed by atoms with Gasteiger partial charge in [0.15, 0.2) is 5.82 Å². The lowest BCUT2D eigenvalue weighted by atomic mass is 10.1. The van der Waals surface area contributed by atoms with Gasteiger partial charge in [0, 0.05) is 19.1 Å². The standard InChI is InChI=1S/C13H18N6/c1-2-11(14)12-4-3-10(7-15-12)18-5-6-19-9-16-17-13(19)8-18/h3-4,7,9,11H,2,5-6,8,14H2,1H3/t11-/m0/s1. The van der Waals surface area contributed by atoms with Crippen molar-refractivity contribution >= 4 is 5.69 Å². The van der Waals surface area contributed by atoms with E-state index in [4.69, 9.17) is 5.73 Å². The lowest BCUT2D eigenvalue weighted by Crippen LogP contribution is -2.33. The largest absolute Gasteiger partial charge is 0.361 e. The van der Waals surface area contributed by atoms with E-state index in [2.05, 4.69) is 37.6 Å². The fraction of sp³-hybridized carbons (Fsp3) is 0.462. The number of fused-ring (bicyclic) bond motifs is 1. The predicted octanol–water partition coefficient (Wildman–Crippen LogP) is 1.10. The van der Waals surface area contributed by atoms with Crippen LogP contribution in [-0.4, -0.2) is 26.3 Å². The van der Waals surface area contributed by atoms with Gasteiger partial charge >= 0.3 is 0 Å². The maximum absolute atomic E-state index is 5.97. The van der Waals surface area contributed by atoms with Crippen LogP contribution in [0.3, 0.4) is 0 Å². The number of pyridine rings is 1. The highest BCUT2D eigenvalue weighted by Crippen LogP contribution is 2.20. The van der Waals surface area contributed by atoms with E-state index in [0.29, 0.717) is 0 Å². The van der Waals surface area contributed by atoms with Gasteiger partial charge in [0.2, 0.25) is 0 Å². The van der Waals surface area contributed by atoms with Gasteiger partial charge in [-0.05, 0) is 18.6 Å². The molecular weight excluding hydrogens is 240 g/mol. The normalized spacial score (nSPS) is 16.2. The molecule has 1 aliphatic rings. The minimum absolute atomic E-state index is 0.0264. The molecule has 2 aromatic heterocycles. The number of rotatable bonds is 3. The molecule has 2 N–H and O–H groups in total. The third-order valence-corrected chi connectivity index (χ3v) is 3.59. The van der Waals surface area contributed by atoms with E-state index in [-0.39, 0.29) is 6.04 Å². The van der Waals surface area contributed by atoms with Gasteiger partial charge in [-0.2, -0.15) is 0 Å². The van der Waals surface area contributed by atoms with Crippen molar-refractivity contribution in [3.05, 3.63) is 36.2 Å². The van der Waals surface area contributed by atoms with Crippen molar-refractivity contribution in [3.8, 4) is 0 Å². The molecule has 3 rings (SSSR count). The Kier molecular flexibility index (Phi) is 3.16. The summed E-state index contributed by atoms with van der Waals surface area (Å²) in [5, 5.41) is 8.06. The molecule has 2 aromatic rings. The van der Waals surface area contributed by atoms with E-state index in [0.717, 1.165) is 43.3 Å². The molecular formula is C13H18N6. The molecule has 100 valence electrons. The highest BCUT2D eigenvalue weighted by atomic mass is 15.3. The number of anilines is 1. The number of nitrogens with zero attached hydrogens (tertiary/aromatic N) is 5. The summed E-state index contributed by atoms with van der Waals surface area (Å²) in [5.74, 6) is 1.00. The zero-order valence-electron chi connectivity index (χ0n) is 11.0. The average molecular weight is 258 g/mol. The number of hydrogen-bond donors (Lipinski definition) is 1. The Hall–Kier alpha value is -1.95. The molecule has 6 nitrogen and oxygen atoms in total. The molecule has 0 radical (unpaired) electrons. The summed E-state index contributed by atoms with van der Waals surface area (Å²) in [6.45, 7) is 4.71. The fourth-order valence-electron chi connectivity index (χ4n) is 2.30.